The molecule has 2 heterocycles. The van der Waals surface area contributed by atoms with Crippen molar-refractivity contribution in [2.45, 2.75) is 66.3 Å². The van der Waals surface area contributed by atoms with Gasteiger partial charge in [-0.25, -0.2) is 4.79 Å². The van der Waals surface area contributed by atoms with Crippen molar-refractivity contribution in [2.24, 2.45) is 17.3 Å². The van der Waals surface area contributed by atoms with Crippen molar-refractivity contribution in [1.82, 2.24) is 4.90 Å². The Kier molecular flexibility index (Phi) is 8.43. The van der Waals surface area contributed by atoms with E-state index >= 15 is 0 Å². The second kappa shape index (κ2) is 10.9. The Hall–Kier alpha value is -2.37. The fourth-order valence-electron chi connectivity index (χ4n) is 4.40. The highest BCUT2D eigenvalue weighted by atomic mass is 32.1. The molecule has 1 aromatic rings. The van der Waals surface area contributed by atoms with Crippen molar-refractivity contribution in [3.05, 3.63) is 15.8 Å². The van der Waals surface area contributed by atoms with E-state index in [1.54, 1.807) is 17.9 Å². The molecule has 0 spiro atoms. The lowest BCUT2D eigenvalue weighted by Crippen LogP contribution is -2.54. The molecule has 1 N–H and O–H groups in total. The third kappa shape index (κ3) is 6.39. The number of carboxylic acids is 1. The van der Waals surface area contributed by atoms with Gasteiger partial charge in [0.1, 0.15) is 10.9 Å². The van der Waals surface area contributed by atoms with Crippen molar-refractivity contribution in [2.75, 3.05) is 31.2 Å². The number of carbonyl (C=O) groups excluding carboxylic acids is 2. The van der Waals surface area contributed by atoms with E-state index in [2.05, 4.69) is 18.8 Å². The molecule has 2 fully saturated rings. The molecular weight excluding hydrogens is 452 g/mol. The molecule has 186 valence electrons. The molecule has 1 saturated carbocycles. The number of nitrogens with zero attached hydrogens (tertiary/aromatic N) is 2. The first-order valence-electron chi connectivity index (χ1n) is 12.1. The zero-order chi connectivity index (χ0) is 25.0. The largest absolute Gasteiger partial charge is 0.477 e. The molecule has 2 aliphatic rings. The highest BCUT2D eigenvalue weighted by molar-refractivity contribution is 7.15. The lowest BCUT2D eigenvalue weighted by Gasteiger charge is -2.37. The number of carboxylic acid groups (broad SMARTS) is 1. The Labute approximate surface area is 206 Å². The van der Waals surface area contributed by atoms with Gasteiger partial charge < -0.3 is 14.7 Å². The molecule has 1 aliphatic carbocycles. The predicted octanol–water partition coefficient (Wildman–Crippen LogP) is 4.25. The van der Waals surface area contributed by atoms with Crippen LogP contribution in [0.5, 0.6) is 0 Å². The molecule has 1 atom stereocenters. The minimum absolute atomic E-state index is 0.0392. The zero-order valence-corrected chi connectivity index (χ0v) is 21.7. The topological polar surface area (TPSA) is 87.2 Å². The first-order valence-corrected chi connectivity index (χ1v) is 12.9. The number of hydrogen-bond donors (Lipinski definition) is 1. The van der Waals surface area contributed by atoms with E-state index in [0.717, 1.165) is 37.0 Å². The molecule has 3 rings (SSSR count). The summed E-state index contributed by atoms with van der Waals surface area (Å²) >= 11 is 1.05. The Morgan fingerprint density at radius 3 is 2.35 bits per heavy atom. The number of aromatic carboxylic acids is 1. The van der Waals surface area contributed by atoms with Crippen LogP contribution >= 0.6 is 11.3 Å². The fourth-order valence-corrected chi connectivity index (χ4v) is 5.25. The van der Waals surface area contributed by atoms with Crippen LogP contribution in [0.25, 0.3) is 0 Å². The van der Waals surface area contributed by atoms with E-state index in [-0.39, 0.29) is 33.7 Å². The summed E-state index contributed by atoms with van der Waals surface area (Å²) in [5.41, 5.74) is 0.0231. The number of carbonyl (C=O) groups is 3. The van der Waals surface area contributed by atoms with Crippen LogP contribution in [0.2, 0.25) is 0 Å². The summed E-state index contributed by atoms with van der Waals surface area (Å²) in [6, 6.07) is 0.848. The lowest BCUT2D eigenvalue weighted by molar-refractivity contribution is -0.138. The maximum absolute atomic E-state index is 13.8. The molecule has 34 heavy (non-hydrogen) atoms. The van der Waals surface area contributed by atoms with Gasteiger partial charge in [0.05, 0.1) is 23.8 Å². The van der Waals surface area contributed by atoms with Crippen LogP contribution in [0.15, 0.2) is 6.07 Å². The van der Waals surface area contributed by atoms with Crippen LogP contribution in [0.4, 0.5) is 5.69 Å². The lowest BCUT2D eigenvalue weighted by atomic mass is 9.82. The summed E-state index contributed by atoms with van der Waals surface area (Å²) < 4.78 is 5.37. The summed E-state index contributed by atoms with van der Waals surface area (Å²) in [4.78, 5) is 43.2. The number of morpholine rings is 1. The van der Waals surface area contributed by atoms with Gasteiger partial charge >= 0.3 is 5.97 Å². The van der Waals surface area contributed by atoms with Gasteiger partial charge in [0.2, 0.25) is 11.8 Å². The number of anilines is 1. The number of rotatable bonds is 5. The van der Waals surface area contributed by atoms with E-state index < -0.39 is 12.0 Å². The van der Waals surface area contributed by atoms with Crippen LogP contribution in [-0.4, -0.2) is 60.1 Å². The van der Waals surface area contributed by atoms with Crippen LogP contribution in [0, 0.1) is 29.1 Å². The van der Waals surface area contributed by atoms with Crippen LogP contribution < -0.4 is 4.90 Å². The van der Waals surface area contributed by atoms with Crippen molar-refractivity contribution in [3.8, 4) is 11.8 Å². The quantitative estimate of drug-likeness (QED) is 0.626. The Morgan fingerprint density at radius 2 is 1.79 bits per heavy atom. The normalized spacial score (nSPS) is 21.9. The van der Waals surface area contributed by atoms with E-state index in [0.29, 0.717) is 37.1 Å². The smallest absolute Gasteiger partial charge is 0.348 e. The molecule has 0 aromatic carbocycles. The third-order valence-corrected chi connectivity index (χ3v) is 7.42. The van der Waals surface area contributed by atoms with E-state index in [4.69, 9.17) is 4.74 Å². The van der Waals surface area contributed by atoms with Gasteiger partial charge in [-0.05, 0) is 65.4 Å². The molecule has 0 unspecified atom stereocenters. The first-order chi connectivity index (χ1) is 16.0. The third-order valence-electron chi connectivity index (χ3n) is 6.40. The molecule has 8 heteroatoms. The van der Waals surface area contributed by atoms with Crippen molar-refractivity contribution in [3.63, 3.8) is 0 Å². The summed E-state index contributed by atoms with van der Waals surface area (Å²) in [5.74, 6) is 5.07. The van der Waals surface area contributed by atoms with Gasteiger partial charge in [0, 0.05) is 24.4 Å². The van der Waals surface area contributed by atoms with E-state index in [1.807, 2.05) is 20.8 Å². The molecule has 7 nitrogen and oxygen atoms in total. The standard InChI is InChI=1S/C26H36N2O5S/c1-17-6-8-19(9-7-17)24(30)28(18(2)23(29)27-12-14-33-15-13-27)21-16-20(10-11-26(3,4)5)34-22(21)25(31)32/h16-19H,6-9,12-15H2,1-5H3,(H,31,32)/t17?,18-,19?/m1/s1. The van der Waals surface area contributed by atoms with Gasteiger partial charge in [-0.3, -0.25) is 14.5 Å². The molecule has 2 amide bonds. The number of thiophene rings is 1. The Balaban J connectivity index is 2.02. The maximum Gasteiger partial charge on any atom is 0.348 e. The summed E-state index contributed by atoms with van der Waals surface area (Å²) in [5, 5.41) is 9.96. The van der Waals surface area contributed by atoms with E-state index in [9.17, 15) is 19.5 Å². The number of amides is 2. The van der Waals surface area contributed by atoms with Crippen molar-refractivity contribution in [1.29, 1.82) is 0 Å². The molecule has 0 radical (unpaired) electrons. The van der Waals surface area contributed by atoms with Crippen molar-refractivity contribution >= 4 is 34.8 Å². The second-order valence-corrected chi connectivity index (χ2v) is 11.5. The van der Waals surface area contributed by atoms with Crippen molar-refractivity contribution < 1.29 is 24.2 Å². The summed E-state index contributed by atoms with van der Waals surface area (Å²) in [7, 11) is 0. The van der Waals surface area contributed by atoms with E-state index in [1.165, 1.54) is 4.90 Å². The predicted molar refractivity (Wildman–Crippen MR) is 133 cm³/mol. The van der Waals surface area contributed by atoms with Gasteiger partial charge in [-0.15, -0.1) is 11.3 Å². The summed E-state index contributed by atoms with van der Waals surface area (Å²) in [6.45, 7) is 11.7. The van der Waals surface area contributed by atoms with Crippen LogP contribution in [0.1, 0.15) is 74.9 Å². The summed E-state index contributed by atoms with van der Waals surface area (Å²) in [6.07, 6.45) is 3.40. The first kappa shape index (κ1) is 26.2. The fraction of sp³-hybridized carbons (Fsp3) is 0.654. The zero-order valence-electron chi connectivity index (χ0n) is 20.8. The number of hydrogen-bond acceptors (Lipinski definition) is 5. The van der Waals surface area contributed by atoms with Crippen LogP contribution in [0.3, 0.4) is 0 Å². The highest BCUT2D eigenvalue weighted by Crippen LogP contribution is 2.36. The van der Waals surface area contributed by atoms with Gasteiger partial charge in [0.15, 0.2) is 0 Å². The van der Waals surface area contributed by atoms with Crippen LogP contribution in [-0.2, 0) is 14.3 Å². The average Bonchev–Trinajstić information content (AvgIpc) is 3.22. The Bertz CT molecular complexity index is 970. The highest BCUT2D eigenvalue weighted by Gasteiger charge is 2.38. The Morgan fingerprint density at radius 1 is 1.18 bits per heavy atom. The minimum Gasteiger partial charge on any atom is -0.477 e. The SMILES string of the molecule is CC1CCC(C(=O)N(c2cc(C#CC(C)(C)C)sc2C(=O)O)[C@H](C)C(=O)N2CCOCC2)CC1. The van der Waals surface area contributed by atoms with Gasteiger partial charge in [-0.2, -0.15) is 0 Å². The minimum atomic E-state index is -1.12. The molecule has 0 bridgehead atoms. The number of ether oxygens (including phenoxy) is 1. The molecular formula is C26H36N2O5S. The molecule has 1 aliphatic heterocycles. The van der Waals surface area contributed by atoms with Gasteiger partial charge in [0.25, 0.3) is 0 Å². The molecule has 1 aromatic heterocycles. The monoisotopic (exact) mass is 488 g/mol. The van der Waals surface area contributed by atoms with Gasteiger partial charge in [-0.1, -0.05) is 18.8 Å². The maximum atomic E-state index is 13.8. The average molecular weight is 489 g/mol. The molecule has 1 saturated heterocycles. The second-order valence-electron chi connectivity index (χ2n) is 10.4.